The van der Waals surface area contributed by atoms with Crippen LogP contribution in [0.15, 0.2) is 12.4 Å². The van der Waals surface area contributed by atoms with Crippen LogP contribution in [0.4, 0.5) is 0 Å². The van der Waals surface area contributed by atoms with Crippen molar-refractivity contribution >= 4 is 0 Å². The fraction of sp³-hybridized carbons (Fsp3) is 0.571. The van der Waals surface area contributed by atoms with Gasteiger partial charge in [-0.15, -0.1) is 0 Å². The molecule has 2 rings (SSSR count). The molecule has 0 amide bonds. The van der Waals surface area contributed by atoms with E-state index in [1.807, 2.05) is 6.20 Å². The van der Waals surface area contributed by atoms with Crippen molar-refractivity contribution < 1.29 is 5.11 Å². The molecule has 54 valence electrons. The highest BCUT2D eigenvalue weighted by molar-refractivity contribution is 4.97. The van der Waals surface area contributed by atoms with Crippen LogP contribution in [0.5, 0.6) is 0 Å². The topological polar surface area (TPSA) is 38.0 Å². The highest BCUT2D eigenvalue weighted by atomic mass is 16.3. The average Bonchev–Trinajstić information content (AvgIpc) is 2.33. The first-order chi connectivity index (χ1) is 4.86. The van der Waals surface area contributed by atoms with Gasteiger partial charge in [-0.3, -0.25) is 0 Å². The van der Waals surface area contributed by atoms with Crippen LogP contribution in [0.2, 0.25) is 0 Å². The molecule has 1 aromatic heterocycles. The first kappa shape index (κ1) is 5.92. The van der Waals surface area contributed by atoms with E-state index in [1.165, 1.54) is 0 Å². The summed E-state index contributed by atoms with van der Waals surface area (Å²) in [5, 5.41) is 9.22. The Morgan fingerprint density at radius 2 is 2.60 bits per heavy atom. The Bertz CT molecular complexity index is 231. The number of aromatic nitrogens is 2. The van der Waals surface area contributed by atoms with Crippen LogP contribution in [0.1, 0.15) is 12.2 Å². The van der Waals surface area contributed by atoms with E-state index in [4.69, 9.17) is 0 Å². The quantitative estimate of drug-likeness (QED) is 0.555. The lowest BCUT2D eigenvalue weighted by atomic mass is 10.1. The Morgan fingerprint density at radius 3 is 3.50 bits per heavy atom. The van der Waals surface area contributed by atoms with Gasteiger partial charge < -0.3 is 9.67 Å². The third-order valence-corrected chi connectivity index (χ3v) is 1.92. The molecule has 1 unspecified atom stereocenters. The van der Waals surface area contributed by atoms with Crippen LogP contribution in [0.3, 0.4) is 0 Å². The maximum Gasteiger partial charge on any atom is 0.111 e. The third-order valence-electron chi connectivity index (χ3n) is 1.92. The monoisotopic (exact) mass is 138 g/mol. The largest absolute Gasteiger partial charge is 0.393 e. The van der Waals surface area contributed by atoms with Crippen molar-refractivity contribution in [3.05, 3.63) is 18.2 Å². The van der Waals surface area contributed by atoms with Gasteiger partial charge in [-0.1, -0.05) is 0 Å². The van der Waals surface area contributed by atoms with Crippen LogP contribution in [-0.4, -0.2) is 20.8 Å². The number of imidazole rings is 1. The molecule has 0 aromatic carbocycles. The molecule has 1 aliphatic rings. The van der Waals surface area contributed by atoms with E-state index in [1.54, 1.807) is 6.20 Å². The van der Waals surface area contributed by atoms with E-state index in [-0.39, 0.29) is 6.10 Å². The third kappa shape index (κ3) is 0.827. The van der Waals surface area contributed by atoms with Gasteiger partial charge in [0.15, 0.2) is 0 Å². The summed E-state index contributed by atoms with van der Waals surface area (Å²) in [6.45, 7) is 0.913. The maximum atomic E-state index is 9.22. The average molecular weight is 138 g/mol. The molecule has 1 atom stereocenters. The molecule has 1 aromatic rings. The second-order valence-corrected chi connectivity index (χ2v) is 2.68. The van der Waals surface area contributed by atoms with Gasteiger partial charge in [0.25, 0.3) is 0 Å². The first-order valence-electron chi connectivity index (χ1n) is 3.54. The number of hydrogen-bond donors (Lipinski definition) is 1. The Labute approximate surface area is 59.3 Å². The normalized spacial score (nSPS) is 24.3. The zero-order valence-electron chi connectivity index (χ0n) is 5.70. The Balaban J connectivity index is 2.30. The minimum atomic E-state index is -0.171. The summed E-state index contributed by atoms with van der Waals surface area (Å²) in [5.41, 5.74) is 0. The first-order valence-corrected chi connectivity index (χ1v) is 3.54. The lowest BCUT2D eigenvalue weighted by Crippen LogP contribution is -2.22. The Kier molecular flexibility index (Phi) is 1.24. The van der Waals surface area contributed by atoms with Crippen molar-refractivity contribution in [1.82, 2.24) is 9.55 Å². The molecule has 3 heteroatoms. The van der Waals surface area contributed by atoms with Crippen LogP contribution in [-0.2, 0) is 13.0 Å². The van der Waals surface area contributed by atoms with Gasteiger partial charge in [-0.25, -0.2) is 4.98 Å². The summed E-state index contributed by atoms with van der Waals surface area (Å²) in [4.78, 5) is 4.11. The molecule has 0 bridgehead atoms. The molecular weight excluding hydrogens is 128 g/mol. The van der Waals surface area contributed by atoms with Crippen LogP contribution in [0, 0.1) is 0 Å². The Hall–Kier alpha value is -0.830. The fourth-order valence-corrected chi connectivity index (χ4v) is 1.33. The molecule has 0 saturated heterocycles. The van der Waals surface area contributed by atoms with Crippen molar-refractivity contribution in [2.45, 2.75) is 25.5 Å². The van der Waals surface area contributed by atoms with E-state index in [0.29, 0.717) is 6.42 Å². The van der Waals surface area contributed by atoms with Gasteiger partial charge in [-0.2, -0.15) is 0 Å². The standard InChI is InChI=1S/C7H10N2O/c10-6-1-3-9-4-2-8-7(9)5-6/h2,4,6,10H,1,3,5H2. The summed E-state index contributed by atoms with van der Waals surface area (Å²) in [6, 6.07) is 0. The smallest absolute Gasteiger partial charge is 0.111 e. The lowest BCUT2D eigenvalue weighted by Gasteiger charge is -2.18. The van der Waals surface area contributed by atoms with Gasteiger partial charge in [-0.05, 0) is 6.42 Å². The molecule has 1 aliphatic heterocycles. The van der Waals surface area contributed by atoms with Crippen molar-refractivity contribution in [3.63, 3.8) is 0 Å². The number of nitrogens with zero attached hydrogens (tertiary/aromatic N) is 2. The number of aliphatic hydroxyl groups excluding tert-OH is 1. The molecule has 10 heavy (non-hydrogen) atoms. The summed E-state index contributed by atoms with van der Waals surface area (Å²) in [6.07, 6.45) is 5.15. The molecular formula is C7H10N2O. The van der Waals surface area contributed by atoms with Crippen LogP contribution >= 0.6 is 0 Å². The van der Waals surface area contributed by atoms with Gasteiger partial charge >= 0.3 is 0 Å². The summed E-state index contributed by atoms with van der Waals surface area (Å²) < 4.78 is 2.09. The minimum Gasteiger partial charge on any atom is -0.393 e. The molecule has 0 radical (unpaired) electrons. The second-order valence-electron chi connectivity index (χ2n) is 2.68. The molecule has 1 N–H and O–H groups in total. The zero-order valence-corrected chi connectivity index (χ0v) is 5.70. The summed E-state index contributed by atoms with van der Waals surface area (Å²) in [7, 11) is 0. The van der Waals surface area contributed by atoms with Gasteiger partial charge in [0, 0.05) is 25.4 Å². The predicted octanol–water partition coefficient (Wildman–Crippen LogP) is 0.190. The second kappa shape index (κ2) is 2.09. The number of rotatable bonds is 0. The van der Waals surface area contributed by atoms with Crippen molar-refractivity contribution in [2.24, 2.45) is 0 Å². The van der Waals surface area contributed by atoms with E-state index in [2.05, 4.69) is 9.55 Å². The zero-order chi connectivity index (χ0) is 6.97. The Morgan fingerprint density at radius 1 is 1.70 bits per heavy atom. The number of fused-ring (bicyclic) bond motifs is 1. The summed E-state index contributed by atoms with van der Waals surface area (Å²) in [5.74, 6) is 1.01. The SMILES string of the molecule is OC1CCn2ccnc2C1. The van der Waals surface area contributed by atoms with E-state index in [9.17, 15) is 5.11 Å². The molecule has 0 fully saturated rings. The highest BCUT2D eigenvalue weighted by Crippen LogP contribution is 2.11. The molecule has 2 heterocycles. The van der Waals surface area contributed by atoms with Gasteiger partial charge in [0.05, 0.1) is 6.10 Å². The number of hydrogen-bond acceptors (Lipinski definition) is 2. The van der Waals surface area contributed by atoms with Crippen molar-refractivity contribution in [2.75, 3.05) is 0 Å². The summed E-state index contributed by atoms with van der Waals surface area (Å²) >= 11 is 0. The van der Waals surface area contributed by atoms with Crippen LogP contribution < -0.4 is 0 Å². The highest BCUT2D eigenvalue weighted by Gasteiger charge is 2.15. The van der Waals surface area contributed by atoms with E-state index < -0.39 is 0 Å². The molecule has 0 aliphatic carbocycles. The number of aliphatic hydroxyl groups is 1. The molecule has 0 saturated carbocycles. The fourth-order valence-electron chi connectivity index (χ4n) is 1.33. The predicted molar refractivity (Wildman–Crippen MR) is 36.6 cm³/mol. The molecule has 0 spiro atoms. The van der Waals surface area contributed by atoms with Crippen molar-refractivity contribution in [3.8, 4) is 0 Å². The van der Waals surface area contributed by atoms with Gasteiger partial charge in [0.1, 0.15) is 5.82 Å². The minimum absolute atomic E-state index is 0.171. The van der Waals surface area contributed by atoms with Crippen molar-refractivity contribution in [1.29, 1.82) is 0 Å². The van der Waals surface area contributed by atoms with E-state index >= 15 is 0 Å². The number of aryl methyl sites for hydroxylation is 1. The van der Waals surface area contributed by atoms with Crippen LogP contribution in [0.25, 0.3) is 0 Å². The lowest BCUT2D eigenvalue weighted by molar-refractivity contribution is 0.141. The van der Waals surface area contributed by atoms with Gasteiger partial charge in [0.2, 0.25) is 0 Å². The maximum absolute atomic E-state index is 9.22. The van der Waals surface area contributed by atoms with E-state index in [0.717, 1.165) is 18.8 Å². The molecule has 3 nitrogen and oxygen atoms in total.